The molecule has 2 aromatic rings. The van der Waals surface area contributed by atoms with E-state index in [9.17, 15) is 4.79 Å². The molecule has 1 heterocycles. The molecule has 0 bridgehead atoms. The van der Waals surface area contributed by atoms with Crippen molar-refractivity contribution in [1.82, 2.24) is 10.2 Å². The largest absolute Gasteiger partial charge is 0.426 e. The number of hydrogen-bond acceptors (Lipinski definition) is 5. The lowest BCUT2D eigenvalue weighted by Crippen LogP contribution is -2.05. The lowest BCUT2D eigenvalue weighted by atomic mass is 10.1. The lowest BCUT2D eigenvalue weighted by molar-refractivity contribution is -0.133. The van der Waals surface area contributed by atoms with Gasteiger partial charge in [0.2, 0.25) is 0 Å². The van der Waals surface area contributed by atoms with E-state index < -0.39 is 0 Å². The van der Waals surface area contributed by atoms with Crippen molar-refractivity contribution in [3.63, 3.8) is 0 Å². The average Bonchev–Trinajstić information content (AvgIpc) is 3.22. The topological polar surface area (TPSA) is 52.1 Å². The Morgan fingerprint density at radius 1 is 1.00 bits per heavy atom. The van der Waals surface area contributed by atoms with E-state index in [-0.39, 0.29) is 12.4 Å². The van der Waals surface area contributed by atoms with Crippen LogP contribution in [-0.2, 0) is 11.2 Å². The first-order chi connectivity index (χ1) is 14.7. The molecule has 0 aliphatic carbocycles. The first-order valence-electron chi connectivity index (χ1n) is 11.2. The van der Waals surface area contributed by atoms with Crippen LogP contribution in [0.2, 0.25) is 0 Å². The number of ether oxygens (including phenoxy) is 1. The summed E-state index contributed by atoms with van der Waals surface area (Å²) < 4.78 is 5.31. The molecule has 0 saturated carbocycles. The maximum Gasteiger partial charge on any atom is 0.315 e. The predicted molar refractivity (Wildman–Crippen MR) is 125 cm³/mol. The summed E-state index contributed by atoms with van der Waals surface area (Å²) >= 11 is 1.65. The second-order valence-corrected chi connectivity index (χ2v) is 8.50. The van der Waals surface area contributed by atoms with Gasteiger partial charge < -0.3 is 4.74 Å². The van der Waals surface area contributed by atoms with Crippen LogP contribution in [0.15, 0.2) is 42.1 Å². The third kappa shape index (κ3) is 9.51. The van der Waals surface area contributed by atoms with E-state index in [2.05, 4.69) is 22.9 Å². The molecule has 1 aromatic carbocycles. The van der Waals surface area contributed by atoms with Gasteiger partial charge in [-0.3, -0.25) is 4.79 Å². The molecule has 0 aliphatic rings. The summed E-state index contributed by atoms with van der Waals surface area (Å²) in [5.74, 6) is 0.244. The van der Waals surface area contributed by atoms with Gasteiger partial charge in [-0.05, 0) is 49.8 Å². The minimum absolute atomic E-state index is 0.213. The third-order valence-corrected chi connectivity index (χ3v) is 5.88. The molecule has 162 valence electrons. The smallest absolute Gasteiger partial charge is 0.315 e. The van der Waals surface area contributed by atoms with Gasteiger partial charge in [0, 0.05) is 12.0 Å². The molecule has 0 N–H and O–H groups in total. The zero-order valence-corrected chi connectivity index (χ0v) is 19.2. The van der Waals surface area contributed by atoms with Gasteiger partial charge in [0.15, 0.2) is 0 Å². The predicted octanol–water partition coefficient (Wildman–Crippen LogP) is 7.31. The molecule has 0 aliphatic heterocycles. The standard InChI is InChI=1S/C25H34N2O2S/c1-3-5-7-8-9-10-11-12-14-15-23-26-27-25(30-23)21-17-19-22(20-18-21)29-24(28)16-13-6-4-2/h4,13,17-20H,3,5,7-12,14-16H2,1-2H3. The Morgan fingerprint density at radius 2 is 1.67 bits per heavy atom. The minimum Gasteiger partial charge on any atom is -0.426 e. The quantitative estimate of drug-likeness (QED) is 0.138. The van der Waals surface area contributed by atoms with Crippen molar-refractivity contribution >= 4 is 17.3 Å². The number of esters is 1. The third-order valence-electron chi connectivity index (χ3n) is 4.85. The first kappa shape index (κ1) is 24.0. The van der Waals surface area contributed by atoms with E-state index in [1.165, 1.54) is 57.8 Å². The molecule has 0 unspecified atom stereocenters. The Kier molecular flexibility index (Phi) is 11.8. The molecule has 2 rings (SSSR count). The molecule has 4 nitrogen and oxygen atoms in total. The van der Waals surface area contributed by atoms with Crippen molar-refractivity contribution in [1.29, 1.82) is 0 Å². The zero-order valence-electron chi connectivity index (χ0n) is 18.4. The maximum absolute atomic E-state index is 11.7. The van der Waals surface area contributed by atoms with Crippen LogP contribution >= 0.6 is 11.3 Å². The summed E-state index contributed by atoms with van der Waals surface area (Å²) in [5, 5.41) is 10.7. The number of benzene rings is 1. The van der Waals surface area contributed by atoms with E-state index in [4.69, 9.17) is 4.74 Å². The van der Waals surface area contributed by atoms with Crippen LogP contribution in [0.4, 0.5) is 0 Å². The summed E-state index contributed by atoms with van der Waals surface area (Å²) in [4.78, 5) is 11.7. The van der Waals surface area contributed by atoms with Crippen LogP contribution in [0.1, 0.15) is 83.1 Å². The van der Waals surface area contributed by atoms with E-state index in [1.54, 1.807) is 35.6 Å². The molecule has 0 spiro atoms. The monoisotopic (exact) mass is 426 g/mol. The van der Waals surface area contributed by atoms with Crippen LogP contribution in [0.3, 0.4) is 0 Å². The molecule has 0 amide bonds. The van der Waals surface area contributed by atoms with Gasteiger partial charge in [-0.2, -0.15) is 0 Å². The molecule has 30 heavy (non-hydrogen) atoms. The molecule has 0 atom stereocenters. The van der Waals surface area contributed by atoms with Gasteiger partial charge in [-0.25, -0.2) is 0 Å². The second-order valence-electron chi connectivity index (χ2n) is 7.44. The molecule has 0 saturated heterocycles. The summed E-state index contributed by atoms with van der Waals surface area (Å²) in [6.45, 7) is 4.12. The highest BCUT2D eigenvalue weighted by molar-refractivity contribution is 7.14. The summed E-state index contributed by atoms with van der Waals surface area (Å²) in [6, 6.07) is 7.45. The van der Waals surface area contributed by atoms with Crippen LogP contribution in [-0.4, -0.2) is 16.2 Å². The van der Waals surface area contributed by atoms with Crippen LogP contribution in [0.5, 0.6) is 5.75 Å². The summed E-state index contributed by atoms with van der Waals surface area (Å²) in [6.07, 6.45) is 16.6. The highest BCUT2D eigenvalue weighted by atomic mass is 32.1. The Bertz CT molecular complexity index is 805. The van der Waals surface area contributed by atoms with Gasteiger partial charge in [-0.15, -0.1) is 15.9 Å². The fraction of sp³-hybridized carbons (Fsp3) is 0.520. The van der Waals surface area contributed by atoms with Crippen molar-refractivity contribution < 1.29 is 9.53 Å². The van der Waals surface area contributed by atoms with Crippen molar-refractivity contribution in [2.75, 3.05) is 0 Å². The summed E-state index contributed by atoms with van der Waals surface area (Å²) in [5.41, 5.74) is 3.87. The normalized spacial score (nSPS) is 10.5. The first-order valence-corrected chi connectivity index (χ1v) is 12.0. The number of rotatable bonds is 14. The summed E-state index contributed by atoms with van der Waals surface area (Å²) in [7, 11) is 0. The van der Waals surface area contributed by atoms with Gasteiger partial charge >= 0.3 is 5.97 Å². The molecule has 0 fully saturated rings. The Balaban J connectivity index is 1.70. The van der Waals surface area contributed by atoms with Gasteiger partial charge in [-0.1, -0.05) is 69.6 Å². The van der Waals surface area contributed by atoms with Crippen molar-refractivity contribution in [2.45, 2.75) is 84.5 Å². The highest BCUT2D eigenvalue weighted by Crippen LogP contribution is 2.26. The number of carbonyl (C=O) groups is 1. The van der Waals surface area contributed by atoms with Crippen LogP contribution in [0, 0.1) is 0 Å². The SMILES string of the molecule is CC=C=CCC(=O)Oc1ccc(-c2nnc(CCCCCCCCCCC)s2)cc1. The Morgan fingerprint density at radius 3 is 2.33 bits per heavy atom. The van der Waals surface area contributed by atoms with E-state index in [0.29, 0.717) is 5.75 Å². The van der Waals surface area contributed by atoms with Gasteiger partial charge in [0.1, 0.15) is 15.8 Å². The minimum atomic E-state index is -0.295. The molecular formula is C25H34N2O2S. The number of unbranched alkanes of at least 4 members (excludes halogenated alkanes) is 8. The average molecular weight is 427 g/mol. The Labute approximate surface area is 185 Å². The number of carbonyl (C=O) groups excluding carboxylic acids is 1. The molecule has 5 heteroatoms. The van der Waals surface area contributed by atoms with E-state index >= 15 is 0 Å². The van der Waals surface area contributed by atoms with E-state index in [1.807, 2.05) is 19.1 Å². The highest BCUT2D eigenvalue weighted by Gasteiger charge is 2.08. The number of aryl methyl sites for hydroxylation is 1. The van der Waals surface area contributed by atoms with Crippen LogP contribution < -0.4 is 4.74 Å². The number of hydrogen-bond donors (Lipinski definition) is 0. The zero-order chi connectivity index (χ0) is 21.4. The van der Waals surface area contributed by atoms with Crippen molar-refractivity contribution in [3.8, 4) is 16.3 Å². The fourth-order valence-electron chi connectivity index (χ4n) is 3.16. The van der Waals surface area contributed by atoms with Gasteiger partial charge in [0.05, 0.1) is 6.42 Å². The fourth-order valence-corrected chi connectivity index (χ4v) is 4.04. The lowest BCUT2D eigenvalue weighted by Gasteiger charge is -2.03. The second kappa shape index (κ2) is 14.7. The van der Waals surface area contributed by atoms with Gasteiger partial charge in [0.25, 0.3) is 0 Å². The van der Waals surface area contributed by atoms with E-state index in [0.717, 1.165) is 22.0 Å². The Hall–Kier alpha value is -2.23. The van der Waals surface area contributed by atoms with Crippen molar-refractivity contribution in [2.24, 2.45) is 0 Å². The maximum atomic E-state index is 11.7. The number of aromatic nitrogens is 2. The molecule has 0 radical (unpaired) electrons. The molecular weight excluding hydrogens is 392 g/mol. The van der Waals surface area contributed by atoms with Crippen LogP contribution in [0.25, 0.3) is 10.6 Å². The number of nitrogens with zero attached hydrogens (tertiary/aromatic N) is 2. The molecule has 1 aromatic heterocycles. The van der Waals surface area contributed by atoms with Crippen molar-refractivity contribution in [3.05, 3.63) is 47.2 Å².